The first-order valence-corrected chi connectivity index (χ1v) is 7.18. The van der Waals surface area contributed by atoms with E-state index in [1.807, 2.05) is 13.8 Å². The summed E-state index contributed by atoms with van der Waals surface area (Å²) in [5.41, 5.74) is 6.34. The summed E-state index contributed by atoms with van der Waals surface area (Å²) in [4.78, 5) is 10.5. The largest absolute Gasteiger partial charge is 0.476 e. The molecule has 1 unspecified atom stereocenters. The Morgan fingerprint density at radius 3 is 2.80 bits per heavy atom. The maximum atomic E-state index is 5.97. The van der Waals surface area contributed by atoms with E-state index in [9.17, 15) is 0 Å². The summed E-state index contributed by atoms with van der Waals surface area (Å²) in [7, 11) is 2.16. The Hall–Kier alpha value is -1.56. The van der Waals surface area contributed by atoms with Crippen molar-refractivity contribution in [2.45, 2.75) is 45.3 Å². The van der Waals surface area contributed by atoms with E-state index >= 15 is 0 Å². The molecule has 1 aromatic rings. The van der Waals surface area contributed by atoms with Gasteiger partial charge in [0.15, 0.2) is 5.69 Å². The summed E-state index contributed by atoms with van der Waals surface area (Å²) in [6, 6.07) is 0.601. The van der Waals surface area contributed by atoms with Crippen LogP contribution in [0.2, 0.25) is 0 Å². The molecule has 0 radical (unpaired) electrons. The number of nitrogen functional groups attached to an aromatic ring is 1. The van der Waals surface area contributed by atoms with Crippen LogP contribution in [-0.2, 0) is 0 Å². The van der Waals surface area contributed by atoms with Crippen molar-refractivity contribution < 1.29 is 9.47 Å². The third-order valence-corrected chi connectivity index (χ3v) is 3.52. The smallest absolute Gasteiger partial charge is 0.244 e. The molecule has 0 bridgehead atoms. The van der Waals surface area contributed by atoms with E-state index in [0.29, 0.717) is 30.1 Å². The number of hydrogen-bond acceptors (Lipinski definition) is 6. The maximum Gasteiger partial charge on any atom is 0.244 e. The van der Waals surface area contributed by atoms with Crippen LogP contribution in [0.15, 0.2) is 6.33 Å². The standard InChI is InChI=1S/C14H24N4O2/c1-10(2)20-14-12(15)13(16-9-17-14)19-8-6-11-5-4-7-18(11)3/h9-11H,4-8,15H2,1-3H3. The highest BCUT2D eigenvalue weighted by Crippen LogP contribution is 2.27. The van der Waals surface area contributed by atoms with Gasteiger partial charge in [-0.1, -0.05) is 0 Å². The first-order valence-electron chi connectivity index (χ1n) is 7.18. The molecule has 6 heteroatoms. The number of ether oxygens (including phenoxy) is 2. The van der Waals surface area contributed by atoms with Gasteiger partial charge in [-0.25, -0.2) is 0 Å². The Morgan fingerprint density at radius 1 is 1.40 bits per heavy atom. The fraction of sp³-hybridized carbons (Fsp3) is 0.714. The normalized spacial score (nSPS) is 19.5. The molecule has 0 saturated carbocycles. The number of hydrogen-bond donors (Lipinski definition) is 1. The van der Waals surface area contributed by atoms with Crippen LogP contribution in [0.4, 0.5) is 5.69 Å². The molecule has 1 fully saturated rings. The topological polar surface area (TPSA) is 73.5 Å². The van der Waals surface area contributed by atoms with Gasteiger partial charge in [-0.15, -0.1) is 0 Å². The molecule has 2 rings (SSSR count). The third-order valence-electron chi connectivity index (χ3n) is 3.52. The molecule has 0 aromatic carbocycles. The Kier molecular flexibility index (Phi) is 5.00. The molecule has 2 N–H and O–H groups in total. The molecule has 0 aliphatic carbocycles. The summed E-state index contributed by atoms with van der Waals surface area (Å²) < 4.78 is 11.2. The van der Waals surface area contributed by atoms with E-state index in [1.54, 1.807) is 0 Å². The highest BCUT2D eigenvalue weighted by Gasteiger charge is 2.21. The van der Waals surface area contributed by atoms with Crippen LogP contribution in [0.5, 0.6) is 11.8 Å². The molecule has 1 aromatic heterocycles. The molecule has 1 aliphatic rings. The van der Waals surface area contributed by atoms with Crippen molar-refractivity contribution in [2.24, 2.45) is 0 Å². The van der Waals surface area contributed by atoms with Crippen molar-refractivity contribution in [1.82, 2.24) is 14.9 Å². The molecule has 20 heavy (non-hydrogen) atoms. The lowest BCUT2D eigenvalue weighted by Crippen LogP contribution is -2.26. The van der Waals surface area contributed by atoms with Crippen molar-refractivity contribution in [1.29, 1.82) is 0 Å². The Labute approximate surface area is 120 Å². The van der Waals surface area contributed by atoms with Gasteiger partial charge >= 0.3 is 0 Å². The summed E-state index contributed by atoms with van der Waals surface area (Å²) >= 11 is 0. The monoisotopic (exact) mass is 280 g/mol. The minimum atomic E-state index is 0.0205. The molecule has 0 spiro atoms. The van der Waals surface area contributed by atoms with Gasteiger partial charge in [0.25, 0.3) is 0 Å². The highest BCUT2D eigenvalue weighted by atomic mass is 16.5. The van der Waals surface area contributed by atoms with Gasteiger partial charge in [-0.3, -0.25) is 0 Å². The van der Waals surface area contributed by atoms with Crippen LogP contribution in [0.3, 0.4) is 0 Å². The van der Waals surface area contributed by atoms with E-state index < -0.39 is 0 Å². The van der Waals surface area contributed by atoms with E-state index in [1.165, 1.54) is 25.7 Å². The number of nitrogens with zero attached hydrogens (tertiary/aromatic N) is 3. The first-order chi connectivity index (χ1) is 9.58. The SMILES string of the molecule is CC(C)Oc1ncnc(OCCC2CCCN2C)c1N. The summed E-state index contributed by atoms with van der Waals surface area (Å²) in [6.07, 6.45) is 4.93. The van der Waals surface area contributed by atoms with Gasteiger partial charge < -0.3 is 20.1 Å². The molecular weight excluding hydrogens is 256 g/mol. The van der Waals surface area contributed by atoms with Crippen LogP contribution < -0.4 is 15.2 Å². The Morgan fingerprint density at radius 2 is 2.15 bits per heavy atom. The molecule has 1 saturated heterocycles. The van der Waals surface area contributed by atoms with Crippen molar-refractivity contribution in [3.63, 3.8) is 0 Å². The molecule has 0 amide bonds. The van der Waals surface area contributed by atoms with E-state index in [0.717, 1.165) is 6.42 Å². The maximum absolute atomic E-state index is 5.97. The predicted molar refractivity (Wildman–Crippen MR) is 78.0 cm³/mol. The van der Waals surface area contributed by atoms with E-state index in [2.05, 4.69) is 21.9 Å². The van der Waals surface area contributed by atoms with Gasteiger partial charge in [0.05, 0.1) is 12.7 Å². The van der Waals surface area contributed by atoms with Gasteiger partial charge in [-0.2, -0.15) is 9.97 Å². The first kappa shape index (κ1) is 14.8. The van der Waals surface area contributed by atoms with Crippen molar-refractivity contribution in [3.8, 4) is 11.8 Å². The average Bonchev–Trinajstić information content (AvgIpc) is 2.79. The van der Waals surface area contributed by atoms with Gasteiger partial charge in [0.2, 0.25) is 11.8 Å². The van der Waals surface area contributed by atoms with Crippen molar-refractivity contribution in [3.05, 3.63) is 6.33 Å². The van der Waals surface area contributed by atoms with E-state index in [4.69, 9.17) is 15.2 Å². The predicted octanol–water partition coefficient (Wildman–Crippen LogP) is 1.71. The lowest BCUT2D eigenvalue weighted by atomic mass is 10.1. The van der Waals surface area contributed by atoms with Crippen molar-refractivity contribution in [2.75, 3.05) is 25.9 Å². The number of rotatable bonds is 6. The fourth-order valence-electron chi connectivity index (χ4n) is 2.43. The van der Waals surface area contributed by atoms with Crippen LogP contribution in [0.1, 0.15) is 33.1 Å². The second-order valence-corrected chi connectivity index (χ2v) is 5.48. The fourth-order valence-corrected chi connectivity index (χ4v) is 2.43. The third kappa shape index (κ3) is 3.72. The zero-order valence-corrected chi connectivity index (χ0v) is 12.5. The lowest BCUT2D eigenvalue weighted by Gasteiger charge is -2.19. The van der Waals surface area contributed by atoms with Gasteiger partial charge in [-0.05, 0) is 46.7 Å². The number of aromatic nitrogens is 2. The summed E-state index contributed by atoms with van der Waals surface area (Å²) in [5.74, 6) is 0.805. The minimum absolute atomic E-state index is 0.0205. The summed E-state index contributed by atoms with van der Waals surface area (Å²) in [6.45, 7) is 5.64. The Bertz CT molecular complexity index is 439. The van der Waals surface area contributed by atoms with Crippen LogP contribution in [0, 0.1) is 0 Å². The zero-order valence-electron chi connectivity index (χ0n) is 12.5. The van der Waals surface area contributed by atoms with E-state index in [-0.39, 0.29) is 6.10 Å². The number of nitrogens with two attached hydrogens (primary N) is 1. The van der Waals surface area contributed by atoms with Crippen LogP contribution >= 0.6 is 0 Å². The molecule has 6 nitrogen and oxygen atoms in total. The molecule has 1 aliphatic heterocycles. The van der Waals surface area contributed by atoms with Crippen LogP contribution in [0.25, 0.3) is 0 Å². The average molecular weight is 280 g/mol. The molecule has 112 valence electrons. The quantitative estimate of drug-likeness (QED) is 0.855. The van der Waals surface area contributed by atoms with Crippen molar-refractivity contribution >= 4 is 5.69 Å². The number of likely N-dealkylation sites (tertiary alicyclic amines) is 1. The molecule has 2 heterocycles. The highest BCUT2D eigenvalue weighted by molar-refractivity contribution is 5.55. The van der Waals surface area contributed by atoms with Gasteiger partial charge in [0.1, 0.15) is 6.33 Å². The number of anilines is 1. The summed E-state index contributed by atoms with van der Waals surface area (Å²) in [5, 5.41) is 0. The second-order valence-electron chi connectivity index (χ2n) is 5.48. The molecular formula is C14H24N4O2. The lowest BCUT2D eigenvalue weighted by molar-refractivity contribution is 0.220. The second kappa shape index (κ2) is 6.74. The Balaban J connectivity index is 1.89. The zero-order chi connectivity index (χ0) is 14.5. The van der Waals surface area contributed by atoms with Gasteiger partial charge in [0, 0.05) is 6.04 Å². The minimum Gasteiger partial charge on any atom is -0.476 e. The van der Waals surface area contributed by atoms with Crippen LogP contribution in [-0.4, -0.2) is 47.2 Å². The molecule has 1 atom stereocenters.